The molecule has 0 heterocycles. The molecule has 2 atom stereocenters. The molecule has 0 aliphatic heterocycles. The predicted molar refractivity (Wildman–Crippen MR) is 89.4 cm³/mol. The third-order valence-electron chi connectivity index (χ3n) is 3.52. The Bertz CT molecular complexity index is 615. The molecule has 0 amide bonds. The number of methoxy groups -OCH3 is 1. The monoisotopic (exact) mass is 323 g/mol. The molecule has 0 saturated carbocycles. The zero-order valence-electron chi connectivity index (χ0n) is 12.4. The predicted octanol–water partition coefficient (Wildman–Crippen LogP) is 5.41. The highest BCUT2D eigenvalue weighted by Crippen LogP contribution is 2.28. The van der Waals surface area contributed by atoms with Gasteiger partial charge in [-0.25, -0.2) is 0 Å². The van der Waals surface area contributed by atoms with Gasteiger partial charge in [0.2, 0.25) is 0 Å². The van der Waals surface area contributed by atoms with Crippen LogP contribution in [0.4, 0.5) is 0 Å². The zero-order chi connectivity index (χ0) is 15.4. The minimum atomic E-state index is 0.0948. The molecule has 2 rings (SSSR count). The number of ether oxygens (including phenoxy) is 1. The molecule has 0 fully saturated rings. The van der Waals surface area contributed by atoms with Gasteiger partial charge in [0.25, 0.3) is 0 Å². The topological polar surface area (TPSA) is 21.3 Å². The molecular formula is C17H19Cl2NO. The Morgan fingerprint density at radius 1 is 1.00 bits per heavy atom. The Morgan fingerprint density at radius 2 is 1.76 bits per heavy atom. The van der Waals surface area contributed by atoms with Crippen LogP contribution in [0, 0.1) is 0 Å². The van der Waals surface area contributed by atoms with Gasteiger partial charge in [0, 0.05) is 22.1 Å². The summed E-state index contributed by atoms with van der Waals surface area (Å²) in [6, 6.07) is 13.8. The Kier molecular flexibility index (Phi) is 5.51. The van der Waals surface area contributed by atoms with E-state index in [1.165, 1.54) is 5.56 Å². The molecule has 21 heavy (non-hydrogen) atoms. The largest absolute Gasteiger partial charge is 0.497 e. The van der Waals surface area contributed by atoms with E-state index in [0.29, 0.717) is 5.02 Å². The second-order valence-corrected chi connectivity index (χ2v) is 5.90. The molecule has 1 unspecified atom stereocenters. The molecule has 0 aromatic heterocycles. The molecule has 0 aliphatic carbocycles. The molecule has 2 aromatic carbocycles. The maximum Gasteiger partial charge on any atom is 0.119 e. The Balaban J connectivity index is 2.14. The number of nitrogens with one attached hydrogen (secondary N) is 1. The minimum Gasteiger partial charge on any atom is -0.497 e. The molecule has 112 valence electrons. The van der Waals surface area contributed by atoms with Crippen LogP contribution in [0.2, 0.25) is 10.0 Å². The van der Waals surface area contributed by atoms with Crippen LogP contribution >= 0.6 is 23.2 Å². The minimum absolute atomic E-state index is 0.0948. The summed E-state index contributed by atoms with van der Waals surface area (Å²) in [6.07, 6.45) is 0. The van der Waals surface area contributed by atoms with Crippen LogP contribution in [0.25, 0.3) is 0 Å². The Hall–Kier alpha value is -1.22. The molecule has 0 spiro atoms. The van der Waals surface area contributed by atoms with Gasteiger partial charge in [-0.2, -0.15) is 0 Å². The summed E-state index contributed by atoms with van der Waals surface area (Å²) < 4.78 is 5.26. The second-order valence-electron chi connectivity index (χ2n) is 5.05. The van der Waals surface area contributed by atoms with Gasteiger partial charge in [0.15, 0.2) is 0 Å². The van der Waals surface area contributed by atoms with E-state index in [1.54, 1.807) is 13.2 Å². The highest BCUT2D eigenvalue weighted by Gasteiger charge is 2.14. The van der Waals surface area contributed by atoms with E-state index in [-0.39, 0.29) is 12.1 Å². The summed E-state index contributed by atoms with van der Waals surface area (Å²) in [4.78, 5) is 0. The number of halogens is 2. The van der Waals surface area contributed by atoms with Crippen LogP contribution in [-0.4, -0.2) is 7.11 Å². The summed E-state index contributed by atoms with van der Waals surface area (Å²) in [7, 11) is 1.67. The van der Waals surface area contributed by atoms with E-state index in [9.17, 15) is 0 Å². The maximum atomic E-state index is 6.25. The standard InChI is InChI=1S/C17H19Cl2NO/c1-11(13-5-4-6-15(9-13)21-3)20-12(2)16-10-14(18)7-8-17(16)19/h4-12,20H,1-3H3/t11-,12?/m0/s1. The average molecular weight is 324 g/mol. The van der Waals surface area contributed by atoms with Crippen LogP contribution in [0.5, 0.6) is 5.75 Å². The molecular weight excluding hydrogens is 305 g/mol. The fourth-order valence-corrected chi connectivity index (χ4v) is 2.78. The smallest absolute Gasteiger partial charge is 0.119 e. The summed E-state index contributed by atoms with van der Waals surface area (Å²) in [5.41, 5.74) is 2.17. The van der Waals surface area contributed by atoms with Gasteiger partial charge in [0.05, 0.1) is 7.11 Å². The van der Waals surface area contributed by atoms with Gasteiger partial charge in [-0.3, -0.25) is 0 Å². The van der Waals surface area contributed by atoms with Gasteiger partial charge >= 0.3 is 0 Å². The van der Waals surface area contributed by atoms with Crippen molar-refractivity contribution in [3.05, 3.63) is 63.6 Å². The van der Waals surface area contributed by atoms with E-state index in [1.807, 2.05) is 30.3 Å². The fourth-order valence-electron chi connectivity index (χ4n) is 2.32. The first-order valence-electron chi connectivity index (χ1n) is 6.86. The summed E-state index contributed by atoms with van der Waals surface area (Å²) in [5.74, 6) is 0.856. The zero-order valence-corrected chi connectivity index (χ0v) is 13.9. The van der Waals surface area contributed by atoms with Gasteiger partial charge in [-0.05, 0) is 55.3 Å². The van der Waals surface area contributed by atoms with Gasteiger partial charge in [-0.1, -0.05) is 35.3 Å². The number of hydrogen-bond donors (Lipinski definition) is 1. The van der Waals surface area contributed by atoms with Crippen LogP contribution in [0.1, 0.15) is 37.1 Å². The first-order valence-corrected chi connectivity index (χ1v) is 7.62. The SMILES string of the molecule is COc1cccc([C@H](C)NC(C)c2cc(Cl)ccc2Cl)c1. The second kappa shape index (κ2) is 7.17. The van der Waals surface area contributed by atoms with E-state index >= 15 is 0 Å². The van der Waals surface area contributed by atoms with E-state index in [2.05, 4.69) is 25.2 Å². The summed E-state index contributed by atoms with van der Waals surface area (Å²) in [5, 5.41) is 4.94. The fraction of sp³-hybridized carbons (Fsp3) is 0.294. The Labute approximate surface area is 136 Å². The first kappa shape index (κ1) is 16.2. The van der Waals surface area contributed by atoms with Crippen molar-refractivity contribution in [2.24, 2.45) is 0 Å². The number of hydrogen-bond acceptors (Lipinski definition) is 2. The number of benzene rings is 2. The molecule has 0 aliphatic rings. The third-order valence-corrected chi connectivity index (χ3v) is 4.10. The molecule has 0 saturated heterocycles. The average Bonchev–Trinajstić information content (AvgIpc) is 2.49. The van der Waals surface area contributed by atoms with Crippen molar-refractivity contribution in [1.29, 1.82) is 0 Å². The van der Waals surface area contributed by atoms with Gasteiger partial charge in [-0.15, -0.1) is 0 Å². The number of rotatable bonds is 5. The summed E-state index contributed by atoms with van der Waals surface area (Å²) >= 11 is 12.3. The van der Waals surface area contributed by atoms with Crippen molar-refractivity contribution in [1.82, 2.24) is 5.32 Å². The molecule has 2 aromatic rings. The first-order chi connectivity index (χ1) is 10.0. The molecule has 0 bridgehead atoms. The van der Waals surface area contributed by atoms with Gasteiger partial charge in [0.1, 0.15) is 5.75 Å². The van der Waals surface area contributed by atoms with Gasteiger partial charge < -0.3 is 10.1 Å². The molecule has 1 N–H and O–H groups in total. The lowest BCUT2D eigenvalue weighted by Crippen LogP contribution is -2.22. The Morgan fingerprint density at radius 3 is 2.48 bits per heavy atom. The van der Waals surface area contributed by atoms with E-state index in [0.717, 1.165) is 16.3 Å². The summed E-state index contributed by atoms with van der Waals surface area (Å²) in [6.45, 7) is 4.19. The molecule has 4 heteroatoms. The quantitative estimate of drug-likeness (QED) is 0.793. The van der Waals surface area contributed by atoms with E-state index < -0.39 is 0 Å². The lowest BCUT2D eigenvalue weighted by molar-refractivity contribution is 0.412. The van der Waals surface area contributed by atoms with Crippen LogP contribution in [-0.2, 0) is 0 Å². The lowest BCUT2D eigenvalue weighted by atomic mass is 10.0. The maximum absolute atomic E-state index is 6.25. The normalized spacial score (nSPS) is 13.8. The van der Waals surface area contributed by atoms with Crippen molar-refractivity contribution in [3.63, 3.8) is 0 Å². The van der Waals surface area contributed by atoms with Crippen molar-refractivity contribution in [3.8, 4) is 5.75 Å². The van der Waals surface area contributed by atoms with Crippen LogP contribution < -0.4 is 10.1 Å². The van der Waals surface area contributed by atoms with Crippen molar-refractivity contribution >= 4 is 23.2 Å². The van der Waals surface area contributed by atoms with Crippen molar-refractivity contribution in [2.75, 3.05) is 7.11 Å². The van der Waals surface area contributed by atoms with Crippen LogP contribution in [0.3, 0.4) is 0 Å². The highest BCUT2D eigenvalue weighted by atomic mass is 35.5. The van der Waals surface area contributed by atoms with Crippen molar-refractivity contribution < 1.29 is 4.74 Å². The molecule has 0 radical (unpaired) electrons. The van der Waals surface area contributed by atoms with Crippen molar-refractivity contribution in [2.45, 2.75) is 25.9 Å². The molecule has 2 nitrogen and oxygen atoms in total. The third kappa shape index (κ3) is 4.13. The van der Waals surface area contributed by atoms with E-state index in [4.69, 9.17) is 27.9 Å². The lowest BCUT2D eigenvalue weighted by Gasteiger charge is -2.22. The van der Waals surface area contributed by atoms with Crippen LogP contribution in [0.15, 0.2) is 42.5 Å². The highest BCUT2D eigenvalue weighted by molar-refractivity contribution is 6.33.